The highest BCUT2D eigenvalue weighted by Crippen LogP contribution is 2.42. The van der Waals surface area contributed by atoms with E-state index in [-0.39, 0.29) is 6.29 Å². The van der Waals surface area contributed by atoms with Gasteiger partial charge in [0, 0.05) is 0 Å². The highest BCUT2D eigenvalue weighted by Gasteiger charge is 2.27. The molecule has 0 aromatic rings. The zero-order valence-electron chi connectivity index (χ0n) is 13.0. The average molecular weight is 266 g/mol. The molecule has 0 aromatic carbocycles. The highest BCUT2D eigenvalue weighted by molar-refractivity contribution is 5.22. The lowest BCUT2D eigenvalue weighted by Gasteiger charge is -2.35. The number of allylic oxidation sites excluding steroid dienone is 2. The molecule has 0 amide bonds. The summed E-state index contributed by atoms with van der Waals surface area (Å²) in [5.74, 6) is 0. The van der Waals surface area contributed by atoms with Gasteiger partial charge in [-0.05, 0) is 63.7 Å². The van der Waals surface area contributed by atoms with Gasteiger partial charge in [-0.1, -0.05) is 25.0 Å². The third-order valence-electron chi connectivity index (χ3n) is 4.70. The Labute approximate surface area is 118 Å². The van der Waals surface area contributed by atoms with Gasteiger partial charge in [0.2, 0.25) is 0 Å². The quantitative estimate of drug-likeness (QED) is 0.524. The second-order valence-electron chi connectivity index (χ2n) is 6.77. The molecule has 1 fully saturated rings. The lowest BCUT2D eigenvalue weighted by molar-refractivity contribution is -0.181. The van der Waals surface area contributed by atoms with Crippen molar-refractivity contribution in [1.82, 2.24) is 0 Å². The van der Waals surface area contributed by atoms with E-state index in [2.05, 4.69) is 20.8 Å². The van der Waals surface area contributed by atoms with E-state index in [0.29, 0.717) is 5.41 Å². The fourth-order valence-electron chi connectivity index (χ4n) is 3.54. The van der Waals surface area contributed by atoms with Crippen molar-refractivity contribution in [3.63, 3.8) is 0 Å². The molecule has 0 atom stereocenters. The van der Waals surface area contributed by atoms with E-state index in [9.17, 15) is 0 Å². The van der Waals surface area contributed by atoms with Crippen molar-refractivity contribution in [1.29, 1.82) is 0 Å². The molecule has 2 aliphatic rings. The van der Waals surface area contributed by atoms with Crippen LogP contribution >= 0.6 is 0 Å². The highest BCUT2D eigenvalue weighted by atomic mass is 16.7. The van der Waals surface area contributed by atoms with E-state index in [0.717, 1.165) is 26.1 Å². The van der Waals surface area contributed by atoms with Gasteiger partial charge in [0.15, 0.2) is 6.29 Å². The van der Waals surface area contributed by atoms with Crippen LogP contribution in [-0.2, 0) is 9.47 Å². The molecular weight excluding hydrogens is 236 g/mol. The zero-order valence-corrected chi connectivity index (χ0v) is 13.0. The predicted octanol–water partition coefficient (Wildman–Crippen LogP) is 4.84. The molecule has 19 heavy (non-hydrogen) atoms. The van der Waals surface area contributed by atoms with Gasteiger partial charge in [-0.2, -0.15) is 0 Å². The van der Waals surface area contributed by atoms with Crippen molar-refractivity contribution in [3.8, 4) is 0 Å². The average Bonchev–Trinajstić information content (AvgIpc) is 2.38. The van der Waals surface area contributed by atoms with Crippen molar-refractivity contribution in [2.75, 3.05) is 13.2 Å². The maximum Gasteiger partial charge on any atom is 0.157 e. The van der Waals surface area contributed by atoms with Crippen LogP contribution in [0.25, 0.3) is 0 Å². The van der Waals surface area contributed by atoms with E-state index in [1.807, 2.05) is 0 Å². The largest absolute Gasteiger partial charge is 0.353 e. The van der Waals surface area contributed by atoms with E-state index >= 15 is 0 Å². The lowest BCUT2D eigenvalue weighted by atomic mass is 9.71. The first-order valence-electron chi connectivity index (χ1n) is 8.02. The maximum atomic E-state index is 5.60. The second-order valence-corrected chi connectivity index (χ2v) is 6.77. The van der Waals surface area contributed by atoms with Gasteiger partial charge < -0.3 is 9.47 Å². The number of rotatable bonds is 5. The first kappa shape index (κ1) is 15.1. The van der Waals surface area contributed by atoms with Gasteiger partial charge in [-0.3, -0.25) is 0 Å². The topological polar surface area (TPSA) is 18.5 Å². The molecule has 0 N–H and O–H groups in total. The summed E-state index contributed by atoms with van der Waals surface area (Å²) in [6.45, 7) is 8.92. The molecule has 0 radical (unpaired) electrons. The molecule has 1 saturated heterocycles. The zero-order chi connectivity index (χ0) is 13.7. The summed E-state index contributed by atoms with van der Waals surface area (Å²) in [5.41, 5.74) is 3.81. The molecule has 1 aliphatic heterocycles. The smallest absolute Gasteiger partial charge is 0.157 e. The summed E-state index contributed by atoms with van der Waals surface area (Å²) in [7, 11) is 0. The minimum atomic E-state index is 0.0724. The summed E-state index contributed by atoms with van der Waals surface area (Å²) in [5, 5.41) is 0. The Morgan fingerprint density at radius 3 is 2.53 bits per heavy atom. The molecule has 1 aliphatic carbocycles. The first-order valence-corrected chi connectivity index (χ1v) is 8.02. The molecule has 0 bridgehead atoms. The normalized spacial score (nSPS) is 24.8. The molecule has 2 heteroatoms. The molecular formula is C17H30O2. The summed E-state index contributed by atoms with van der Waals surface area (Å²) in [6, 6.07) is 0. The molecule has 2 rings (SSSR count). The standard InChI is InChI=1S/C17H30O2/c1-14-8-6-11-17(2,3)15(14)9-4-5-10-16-18-12-7-13-19-16/h16H,4-13H2,1-3H3. The minimum absolute atomic E-state index is 0.0724. The third-order valence-corrected chi connectivity index (χ3v) is 4.70. The fourth-order valence-corrected chi connectivity index (χ4v) is 3.54. The number of hydrogen-bond acceptors (Lipinski definition) is 2. The van der Waals surface area contributed by atoms with Gasteiger partial charge in [0.05, 0.1) is 13.2 Å². The van der Waals surface area contributed by atoms with Crippen LogP contribution < -0.4 is 0 Å². The van der Waals surface area contributed by atoms with Crippen LogP contribution in [-0.4, -0.2) is 19.5 Å². The second kappa shape index (κ2) is 6.90. The van der Waals surface area contributed by atoms with Crippen molar-refractivity contribution in [3.05, 3.63) is 11.1 Å². The Morgan fingerprint density at radius 1 is 1.11 bits per heavy atom. The summed E-state index contributed by atoms with van der Waals surface area (Å²) < 4.78 is 11.2. The van der Waals surface area contributed by atoms with Crippen molar-refractivity contribution in [2.24, 2.45) is 5.41 Å². The number of unbranched alkanes of at least 4 members (excludes halogenated alkanes) is 1. The van der Waals surface area contributed by atoms with Crippen LogP contribution in [0.1, 0.15) is 72.1 Å². The molecule has 0 unspecified atom stereocenters. The Morgan fingerprint density at radius 2 is 1.84 bits per heavy atom. The van der Waals surface area contributed by atoms with E-state index in [1.54, 1.807) is 11.1 Å². The molecule has 0 saturated carbocycles. The van der Waals surface area contributed by atoms with E-state index < -0.39 is 0 Å². The Kier molecular flexibility index (Phi) is 5.47. The SMILES string of the molecule is CC1=C(CCCCC2OCCCO2)C(C)(C)CCC1. The van der Waals surface area contributed by atoms with E-state index in [1.165, 1.54) is 38.5 Å². The fraction of sp³-hybridized carbons (Fsp3) is 0.882. The molecule has 110 valence electrons. The summed E-state index contributed by atoms with van der Waals surface area (Å²) >= 11 is 0. The monoisotopic (exact) mass is 266 g/mol. The van der Waals surface area contributed by atoms with Crippen LogP contribution in [0.15, 0.2) is 11.1 Å². The van der Waals surface area contributed by atoms with Crippen LogP contribution in [0.3, 0.4) is 0 Å². The molecule has 0 aromatic heterocycles. The van der Waals surface area contributed by atoms with Gasteiger partial charge in [-0.25, -0.2) is 0 Å². The van der Waals surface area contributed by atoms with Crippen molar-refractivity contribution < 1.29 is 9.47 Å². The summed E-state index contributed by atoms with van der Waals surface area (Å²) in [4.78, 5) is 0. The Balaban J connectivity index is 1.72. The first-order chi connectivity index (χ1) is 9.09. The predicted molar refractivity (Wildman–Crippen MR) is 79.1 cm³/mol. The maximum absolute atomic E-state index is 5.60. The van der Waals surface area contributed by atoms with Gasteiger partial charge >= 0.3 is 0 Å². The number of hydrogen-bond donors (Lipinski definition) is 0. The van der Waals surface area contributed by atoms with Gasteiger partial charge in [-0.15, -0.1) is 0 Å². The molecule has 2 nitrogen and oxygen atoms in total. The summed E-state index contributed by atoms with van der Waals surface area (Å²) in [6.07, 6.45) is 9.99. The van der Waals surface area contributed by atoms with Gasteiger partial charge in [0.25, 0.3) is 0 Å². The van der Waals surface area contributed by atoms with Crippen LogP contribution in [0, 0.1) is 5.41 Å². The third kappa shape index (κ3) is 4.32. The van der Waals surface area contributed by atoms with E-state index in [4.69, 9.17) is 9.47 Å². The Bertz CT molecular complexity index is 311. The minimum Gasteiger partial charge on any atom is -0.353 e. The number of ether oxygens (including phenoxy) is 2. The van der Waals surface area contributed by atoms with Crippen LogP contribution in [0.5, 0.6) is 0 Å². The van der Waals surface area contributed by atoms with Crippen LogP contribution in [0.2, 0.25) is 0 Å². The van der Waals surface area contributed by atoms with Crippen molar-refractivity contribution >= 4 is 0 Å². The van der Waals surface area contributed by atoms with Crippen molar-refractivity contribution in [2.45, 2.75) is 78.4 Å². The van der Waals surface area contributed by atoms with Gasteiger partial charge in [0.1, 0.15) is 0 Å². The lowest BCUT2D eigenvalue weighted by Crippen LogP contribution is -2.24. The molecule has 0 spiro atoms. The Hall–Kier alpha value is -0.340. The molecule has 1 heterocycles. The van der Waals surface area contributed by atoms with Crippen LogP contribution in [0.4, 0.5) is 0 Å².